The van der Waals surface area contributed by atoms with E-state index in [-0.39, 0.29) is 62.1 Å². The first-order valence-electron chi connectivity index (χ1n) is 15.2. The van der Waals surface area contributed by atoms with Crippen molar-refractivity contribution in [3.05, 3.63) is 101 Å². The molecule has 2 atom stereocenters. The van der Waals surface area contributed by atoms with Gasteiger partial charge in [-0.05, 0) is 42.3 Å². The predicted molar refractivity (Wildman–Crippen MR) is 161 cm³/mol. The first-order chi connectivity index (χ1) is 23.4. The van der Waals surface area contributed by atoms with Gasteiger partial charge in [-0.3, -0.25) is 9.00 Å². The zero-order valence-corrected chi connectivity index (χ0v) is 27.1. The van der Waals surface area contributed by atoms with Gasteiger partial charge < -0.3 is 19.4 Å². The Kier molecular flexibility index (Phi) is 10.3. The van der Waals surface area contributed by atoms with Crippen LogP contribution in [0.25, 0.3) is 0 Å². The van der Waals surface area contributed by atoms with Crippen molar-refractivity contribution in [1.29, 1.82) is 0 Å². The topological polar surface area (TPSA) is 70.2 Å². The normalized spacial score (nSPS) is 19.5. The molecule has 0 spiro atoms. The molecule has 0 saturated carbocycles. The molecule has 0 N–H and O–H groups in total. The van der Waals surface area contributed by atoms with Gasteiger partial charge in [0, 0.05) is 68.3 Å². The van der Waals surface area contributed by atoms with Gasteiger partial charge in [0.15, 0.2) is 0 Å². The van der Waals surface area contributed by atoms with Crippen molar-refractivity contribution in [2.24, 2.45) is 0 Å². The van der Waals surface area contributed by atoms with E-state index in [2.05, 4.69) is 4.74 Å². The third kappa shape index (κ3) is 6.93. The lowest BCUT2D eigenvalue weighted by molar-refractivity contribution is -0.392. The minimum atomic E-state index is -6.12. The zero-order valence-electron chi connectivity index (χ0n) is 26.3. The highest BCUT2D eigenvalue weighted by molar-refractivity contribution is 7.86. The van der Waals surface area contributed by atoms with Crippen LogP contribution in [0, 0.1) is 17.5 Å². The third-order valence-corrected chi connectivity index (χ3v) is 10.9. The van der Waals surface area contributed by atoms with Crippen LogP contribution in [-0.4, -0.2) is 82.5 Å². The van der Waals surface area contributed by atoms with Crippen LogP contribution in [0.15, 0.2) is 71.6 Å². The molecule has 0 aromatic heterocycles. The molecule has 50 heavy (non-hydrogen) atoms. The Labute approximate surface area is 283 Å². The Morgan fingerprint density at radius 1 is 0.760 bits per heavy atom. The summed E-state index contributed by atoms with van der Waals surface area (Å²) in [5.74, 6) is -3.32. The van der Waals surface area contributed by atoms with E-state index >= 15 is 0 Å². The lowest BCUT2D eigenvalue weighted by Gasteiger charge is -2.38. The fourth-order valence-electron chi connectivity index (χ4n) is 6.20. The Morgan fingerprint density at radius 2 is 1.32 bits per heavy atom. The number of urea groups is 1. The van der Waals surface area contributed by atoms with E-state index in [9.17, 15) is 53.3 Å². The fraction of sp³-hybridized carbons (Fsp3) is 0.394. The molecule has 17 heteroatoms. The minimum absolute atomic E-state index is 0.0157. The second-order valence-corrected chi connectivity index (χ2v) is 13.7. The number of alkyl halides is 6. The number of piperazine rings is 1. The Balaban J connectivity index is 1.52. The van der Waals surface area contributed by atoms with Crippen molar-refractivity contribution in [3.8, 4) is 0 Å². The van der Waals surface area contributed by atoms with Gasteiger partial charge in [0.1, 0.15) is 17.5 Å². The predicted octanol–water partition coefficient (Wildman–Crippen LogP) is 6.63. The molecule has 1 unspecified atom stereocenters. The molecular formula is C33H30F9N3O4S. The number of halogens is 9. The summed E-state index contributed by atoms with van der Waals surface area (Å²) in [4.78, 5) is 29.8. The molecule has 0 radical (unpaired) electrons. The van der Waals surface area contributed by atoms with Crippen LogP contribution in [0.5, 0.6) is 0 Å². The van der Waals surface area contributed by atoms with Gasteiger partial charge in [0.2, 0.25) is 5.91 Å². The fourth-order valence-corrected chi connectivity index (χ4v) is 7.94. The van der Waals surface area contributed by atoms with Gasteiger partial charge in [-0.1, -0.05) is 30.3 Å². The second-order valence-electron chi connectivity index (χ2n) is 11.9. The molecule has 2 aliphatic rings. The highest BCUT2D eigenvalue weighted by atomic mass is 32.2. The summed E-state index contributed by atoms with van der Waals surface area (Å²) in [7, 11) is -2.11. The van der Waals surface area contributed by atoms with Gasteiger partial charge >= 0.3 is 18.4 Å². The van der Waals surface area contributed by atoms with Crippen molar-refractivity contribution in [2.75, 3.05) is 39.3 Å². The highest BCUT2D eigenvalue weighted by Crippen LogP contribution is 2.54. The summed E-state index contributed by atoms with van der Waals surface area (Å²) in [5, 5.41) is 0. The summed E-state index contributed by atoms with van der Waals surface area (Å²) < 4.78 is 146. The molecular weight excluding hydrogens is 705 g/mol. The van der Waals surface area contributed by atoms with E-state index in [4.69, 9.17) is 0 Å². The Bertz CT molecular complexity index is 1730. The van der Waals surface area contributed by atoms with Gasteiger partial charge in [-0.2, -0.15) is 26.3 Å². The first-order valence-corrected chi connectivity index (χ1v) is 16.3. The number of hydrogen-bond acceptors (Lipinski definition) is 4. The standard InChI is InChI=1S/C33H30F9N3O4S/c1-21(46)43-14-16-44(17-15-43)29(47)45-13-12-30(20-45,50(48)27-10-8-25(34)9-11-27)23-3-5-24(6-4-23)31(32(37,38)39,33(40,41)42)49-19-22-2-7-26(35)18-28(22)36/h2-11,18H,12-17,19-20H2,1H3/t30-,50?/m0/s1. The molecule has 2 fully saturated rings. The maximum absolute atomic E-state index is 14.5. The van der Waals surface area contributed by atoms with E-state index < -0.39 is 74.7 Å². The van der Waals surface area contributed by atoms with Gasteiger partial charge in [-0.25, -0.2) is 18.0 Å². The summed E-state index contributed by atoms with van der Waals surface area (Å²) >= 11 is 0. The lowest BCUT2D eigenvalue weighted by atomic mass is 9.88. The molecule has 0 bridgehead atoms. The quantitative estimate of drug-likeness (QED) is 0.256. The summed E-state index contributed by atoms with van der Waals surface area (Å²) in [6.07, 6.45) is -12.3. The molecule has 3 aromatic rings. The van der Waals surface area contributed by atoms with Gasteiger partial charge in [-0.15, -0.1) is 0 Å². The van der Waals surface area contributed by atoms with Crippen LogP contribution >= 0.6 is 0 Å². The van der Waals surface area contributed by atoms with E-state index in [1.807, 2.05) is 0 Å². The molecule has 2 heterocycles. The van der Waals surface area contributed by atoms with Crippen molar-refractivity contribution in [2.45, 2.75) is 47.5 Å². The van der Waals surface area contributed by atoms with Gasteiger partial charge in [0.25, 0.3) is 5.60 Å². The molecule has 3 aromatic carbocycles. The minimum Gasteiger partial charge on any atom is -0.349 e. The number of hydrogen-bond donors (Lipinski definition) is 0. The first kappa shape index (κ1) is 37.1. The second kappa shape index (κ2) is 13.9. The number of carbonyl (C=O) groups is 2. The maximum Gasteiger partial charge on any atom is 0.430 e. The number of carbonyl (C=O) groups excluding carboxylic acids is 2. The number of nitrogens with zero attached hydrogens (tertiary/aromatic N) is 3. The SMILES string of the molecule is CC(=O)N1CCN(C(=O)N2CC[C@](c3ccc(C(OCc4ccc(F)cc4F)(C(F)(F)F)C(F)(F)F)cc3)(S(=O)c3ccc(F)cc3)C2)CC1. The molecule has 2 saturated heterocycles. The largest absolute Gasteiger partial charge is 0.430 e. The zero-order chi connectivity index (χ0) is 36.6. The molecule has 2 aliphatic heterocycles. The van der Waals surface area contributed by atoms with Crippen LogP contribution in [0.3, 0.4) is 0 Å². The number of amides is 3. The van der Waals surface area contributed by atoms with Gasteiger partial charge in [0.05, 0.1) is 22.2 Å². The van der Waals surface area contributed by atoms with Crippen LogP contribution in [0.1, 0.15) is 30.0 Å². The van der Waals surface area contributed by atoms with E-state index in [0.29, 0.717) is 30.3 Å². The summed E-state index contributed by atoms with van der Waals surface area (Å²) in [5.41, 5.74) is -7.10. The third-order valence-electron chi connectivity index (χ3n) is 8.96. The molecule has 270 valence electrons. The van der Waals surface area contributed by atoms with Crippen LogP contribution in [0.4, 0.5) is 44.3 Å². The van der Waals surface area contributed by atoms with E-state index in [1.165, 1.54) is 28.9 Å². The molecule has 3 amide bonds. The van der Waals surface area contributed by atoms with Crippen molar-refractivity contribution in [3.63, 3.8) is 0 Å². The Morgan fingerprint density at radius 3 is 1.86 bits per heavy atom. The van der Waals surface area contributed by atoms with Crippen LogP contribution in [-0.2, 0) is 37.3 Å². The highest BCUT2D eigenvalue weighted by Gasteiger charge is 2.73. The van der Waals surface area contributed by atoms with Crippen LogP contribution in [0.2, 0.25) is 0 Å². The van der Waals surface area contributed by atoms with Crippen molar-refractivity contribution >= 4 is 22.7 Å². The van der Waals surface area contributed by atoms with Crippen molar-refractivity contribution in [1.82, 2.24) is 14.7 Å². The van der Waals surface area contributed by atoms with Crippen LogP contribution < -0.4 is 0 Å². The summed E-state index contributed by atoms with van der Waals surface area (Å²) in [6, 6.07) is 8.60. The Hall–Kier alpha value is -4.12. The average molecular weight is 736 g/mol. The number of likely N-dealkylation sites (tertiary alicyclic amines) is 1. The smallest absolute Gasteiger partial charge is 0.349 e. The molecule has 5 rings (SSSR count). The summed E-state index contributed by atoms with van der Waals surface area (Å²) in [6.45, 7) is 0.593. The van der Waals surface area contributed by atoms with Crippen molar-refractivity contribution < 1.29 is 58.0 Å². The van der Waals surface area contributed by atoms with E-state index in [0.717, 1.165) is 24.3 Å². The monoisotopic (exact) mass is 735 g/mol. The number of benzene rings is 3. The number of rotatable bonds is 7. The van der Waals surface area contributed by atoms with E-state index in [1.54, 1.807) is 4.90 Å². The lowest BCUT2D eigenvalue weighted by Crippen LogP contribution is -2.56. The average Bonchev–Trinajstić information content (AvgIpc) is 3.51. The maximum atomic E-state index is 14.5. The number of ether oxygens (including phenoxy) is 1. The molecule has 0 aliphatic carbocycles. The molecule has 7 nitrogen and oxygen atoms in total.